The zero-order valence-electron chi connectivity index (χ0n) is 12.1. The molecule has 112 valence electrons. The van der Waals surface area contributed by atoms with Crippen molar-refractivity contribution < 1.29 is 19.4 Å². The standard InChI is InChI=1S/C16H24O4/c1-9-2-6-12(7-3-9)20-16(19)14-11-5-4-10(8-11)13(14)15(17)18/h9-14H,2-8H2,1H3,(H,17,18). The van der Waals surface area contributed by atoms with Crippen LogP contribution in [-0.4, -0.2) is 23.1 Å². The number of rotatable bonds is 3. The number of esters is 1. The van der Waals surface area contributed by atoms with Gasteiger partial charge in [-0.2, -0.15) is 0 Å². The topological polar surface area (TPSA) is 63.6 Å². The maximum absolute atomic E-state index is 12.4. The number of carbonyl (C=O) groups is 2. The van der Waals surface area contributed by atoms with Crippen molar-refractivity contribution in [3.63, 3.8) is 0 Å². The first-order valence-corrected chi connectivity index (χ1v) is 7.99. The third-order valence-corrected chi connectivity index (χ3v) is 5.72. The summed E-state index contributed by atoms with van der Waals surface area (Å²) in [4.78, 5) is 23.8. The normalized spacial score (nSPS) is 43.5. The van der Waals surface area contributed by atoms with E-state index in [0.29, 0.717) is 0 Å². The molecule has 0 saturated heterocycles. The molecule has 3 rings (SSSR count). The van der Waals surface area contributed by atoms with Gasteiger partial charge in [0.2, 0.25) is 0 Å². The van der Waals surface area contributed by atoms with Gasteiger partial charge in [0.05, 0.1) is 11.8 Å². The molecule has 20 heavy (non-hydrogen) atoms. The quantitative estimate of drug-likeness (QED) is 0.807. The van der Waals surface area contributed by atoms with E-state index in [9.17, 15) is 14.7 Å². The van der Waals surface area contributed by atoms with Crippen molar-refractivity contribution in [1.82, 2.24) is 0 Å². The summed E-state index contributed by atoms with van der Waals surface area (Å²) in [6.45, 7) is 2.23. The third-order valence-electron chi connectivity index (χ3n) is 5.72. The highest BCUT2D eigenvalue weighted by Crippen LogP contribution is 2.53. The van der Waals surface area contributed by atoms with E-state index in [1.807, 2.05) is 0 Å². The first-order chi connectivity index (χ1) is 9.56. The molecule has 0 amide bonds. The molecule has 3 fully saturated rings. The van der Waals surface area contributed by atoms with Gasteiger partial charge in [-0.15, -0.1) is 0 Å². The second kappa shape index (κ2) is 5.38. The van der Waals surface area contributed by atoms with Crippen LogP contribution < -0.4 is 0 Å². The highest BCUT2D eigenvalue weighted by molar-refractivity contribution is 5.82. The molecule has 0 aromatic heterocycles. The molecular formula is C16H24O4. The minimum atomic E-state index is -0.809. The smallest absolute Gasteiger partial charge is 0.310 e. The molecule has 4 heteroatoms. The fraction of sp³-hybridized carbons (Fsp3) is 0.875. The lowest BCUT2D eigenvalue weighted by Gasteiger charge is -2.30. The first kappa shape index (κ1) is 13.9. The Bertz CT molecular complexity index is 397. The summed E-state index contributed by atoms with van der Waals surface area (Å²) >= 11 is 0. The Morgan fingerprint density at radius 1 is 0.950 bits per heavy atom. The van der Waals surface area contributed by atoms with Crippen molar-refractivity contribution in [1.29, 1.82) is 0 Å². The predicted octanol–water partition coefficient (Wildman–Crippen LogP) is 2.86. The van der Waals surface area contributed by atoms with Crippen molar-refractivity contribution in [3.05, 3.63) is 0 Å². The molecule has 0 heterocycles. The summed E-state index contributed by atoms with van der Waals surface area (Å²) in [7, 11) is 0. The van der Waals surface area contributed by atoms with Crippen molar-refractivity contribution in [2.75, 3.05) is 0 Å². The maximum atomic E-state index is 12.4. The molecule has 4 unspecified atom stereocenters. The third kappa shape index (κ3) is 2.45. The van der Waals surface area contributed by atoms with Crippen LogP contribution in [0.3, 0.4) is 0 Å². The number of carboxylic acids is 1. The second-order valence-corrected chi connectivity index (χ2v) is 7.04. The summed E-state index contributed by atoms with van der Waals surface area (Å²) in [5.74, 6) is -0.758. The second-order valence-electron chi connectivity index (χ2n) is 7.04. The summed E-state index contributed by atoms with van der Waals surface area (Å²) in [6, 6.07) is 0. The van der Waals surface area contributed by atoms with Crippen LogP contribution in [0.25, 0.3) is 0 Å². The molecule has 0 aromatic rings. The predicted molar refractivity (Wildman–Crippen MR) is 73.0 cm³/mol. The molecule has 1 N–H and O–H groups in total. The molecule has 3 aliphatic rings. The monoisotopic (exact) mass is 280 g/mol. The van der Waals surface area contributed by atoms with Gasteiger partial charge in [0, 0.05) is 0 Å². The van der Waals surface area contributed by atoms with E-state index in [1.54, 1.807) is 0 Å². The molecular weight excluding hydrogens is 256 g/mol. The molecule has 3 saturated carbocycles. The Hall–Kier alpha value is -1.06. The van der Waals surface area contributed by atoms with Gasteiger partial charge in [-0.05, 0) is 62.7 Å². The molecule has 0 aliphatic heterocycles. The van der Waals surface area contributed by atoms with Gasteiger partial charge in [-0.3, -0.25) is 9.59 Å². The van der Waals surface area contributed by atoms with E-state index in [4.69, 9.17) is 4.74 Å². The van der Waals surface area contributed by atoms with E-state index in [2.05, 4.69) is 6.92 Å². The molecule has 4 atom stereocenters. The van der Waals surface area contributed by atoms with Crippen molar-refractivity contribution in [2.24, 2.45) is 29.6 Å². The van der Waals surface area contributed by atoms with Crippen LogP contribution in [0.5, 0.6) is 0 Å². The zero-order chi connectivity index (χ0) is 14.3. The Morgan fingerprint density at radius 3 is 2.15 bits per heavy atom. The highest BCUT2D eigenvalue weighted by atomic mass is 16.5. The van der Waals surface area contributed by atoms with Gasteiger partial charge in [-0.1, -0.05) is 6.92 Å². The lowest BCUT2D eigenvalue weighted by molar-refractivity contribution is -0.165. The maximum Gasteiger partial charge on any atom is 0.310 e. The SMILES string of the molecule is CC1CCC(OC(=O)C2C3CCC(C3)C2C(=O)O)CC1. The largest absolute Gasteiger partial charge is 0.481 e. The molecule has 0 aromatic carbocycles. The van der Waals surface area contributed by atoms with Crippen LogP contribution in [0.15, 0.2) is 0 Å². The zero-order valence-corrected chi connectivity index (χ0v) is 12.1. The lowest BCUT2D eigenvalue weighted by Crippen LogP contribution is -2.37. The highest BCUT2D eigenvalue weighted by Gasteiger charge is 2.55. The van der Waals surface area contributed by atoms with Gasteiger partial charge < -0.3 is 9.84 Å². The Kier molecular flexibility index (Phi) is 3.74. The van der Waals surface area contributed by atoms with Crippen molar-refractivity contribution >= 4 is 11.9 Å². The van der Waals surface area contributed by atoms with Crippen molar-refractivity contribution in [3.8, 4) is 0 Å². The van der Waals surface area contributed by atoms with Crippen LogP contribution in [0.1, 0.15) is 51.9 Å². The number of carbonyl (C=O) groups excluding carboxylic acids is 1. The van der Waals surface area contributed by atoms with Crippen molar-refractivity contribution in [2.45, 2.75) is 58.0 Å². The van der Waals surface area contributed by atoms with E-state index >= 15 is 0 Å². The molecule has 4 nitrogen and oxygen atoms in total. The fourth-order valence-corrected chi connectivity index (χ4v) is 4.58. The molecule has 3 aliphatic carbocycles. The summed E-state index contributed by atoms with van der Waals surface area (Å²) < 4.78 is 5.65. The number of fused-ring (bicyclic) bond motifs is 2. The van der Waals surface area contributed by atoms with Gasteiger partial charge in [0.1, 0.15) is 6.10 Å². The minimum Gasteiger partial charge on any atom is -0.481 e. The first-order valence-electron chi connectivity index (χ1n) is 7.99. The number of aliphatic carboxylic acids is 1. The Balaban J connectivity index is 1.63. The number of ether oxygens (including phenoxy) is 1. The van der Waals surface area contributed by atoms with E-state index < -0.39 is 11.9 Å². The van der Waals surface area contributed by atoms with Crippen LogP contribution in [0.4, 0.5) is 0 Å². The van der Waals surface area contributed by atoms with E-state index in [1.165, 1.54) is 0 Å². The number of carboxylic acid groups (broad SMARTS) is 1. The minimum absolute atomic E-state index is 0.0206. The fourth-order valence-electron chi connectivity index (χ4n) is 4.58. The number of hydrogen-bond acceptors (Lipinski definition) is 3. The van der Waals surface area contributed by atoms with E-state index in [0.717, 1.165) is 50.9 Å². The Labute approximate surface area is 119 Å². The Morgan fingerprint density at radius 2 is 1.55 bits per heavy atom. The van der Waals surface area contributed by atoms with Crippen LogP contribution >= 0.6 is 0 Å². The number of hydrogen-bond donors (Lipinski definition) is 1. The van der Waals surface area contributed by atoms with Crippen LogP contribution in [-0.2, 0) is 14.3 Å². The average molecular weight is 280 g/mol. The van der Waals surface area contributed by atoms with Gasteiger partial charge in [-0.25, -0.2) is 0 Å². The molecule has 0 radical (unpaired) electrons. The summed E-state index contributed by atoms with van der Waals surface area (Å²) in [5.41, 5.74) is 0. The van der Waals surface area contributed by atoms with Gasteiger partial charge >= 0.3 is 11.9 Å². The van der Waals surface area contributed by atoms with E-state index in [-0.39, 0.29) is 29.8 Å². The lowest BCUT2D eigenvalue weighted by atomic mass is 9.79. The summed E-state index contributed by atoms with van der Waals surface area (Å²) in [6.07, 6.45) is 6.97. The average Bonchev–Trinajstić information content (AvgIpc) is 3.01. The molecule has 2 bridgehead atoms. The van der Waals surface area contributed by atoms with Crippen LogP contribution in [0.2, 0.25) is 0 Å². The van der Waals surface area contributed by atoms with Crippen LogP contribution in [0, 0.1) is 29.6 Å². The molecule has 0 spiro atoms. The van der Waals surface area contributed by atoms with Gasteiger partial charge in [0.25, 0.3) is 0 Å². The summed E-state index contributed by atoms with van der Waals surface area (Å²) in [5, 5.41) is 9.39. The van der Waals surface area contributed by atoms with Gasteiger partial charge in [0.15, 0.2) is 0 Å².